The molecule has 0 spiro atoms. The molecular weight excluding hydrogens is 324 g/mol. The molecule has 0 aliphatic heterocycles. The van der Waals surface area contributed by atoms with Gasteiger partial charge in [-0.25, -0.2) is 23.5 Å². The number of hydrogen-bond donors (Lipinski definition) is 0. The van der Waals surface area contributed by atoms with Crippen molar-refractivity contribution in [2.75, 3.05) is 13.1 Å². The van der Waals surface area contributed by atoms with Crippen molar-refractivity contribution >= 4 is 13.4 Å². The molecule has 0 atom stereocenters. The van der Waals surface area contributed by atoms with Gasteiger partial charge in [0.25, 0.3) is 0 Å². The minimum atomic E-state index is -0.879. The van der Waals surface area contributed by atoms with E-state index in [2.05, 4.69) is 27.8 Å². The number of rotatable bonds is 14. The fourth-order valence-corrected chi connectivity index (χ4v) is 2.55. The molecule has 0 bridgehead atoms. The molecule has 1 rings (SSSR count). The molecule has 0 saturated heterocycles. The van der Waals surface area contributed by atoms with E-state index < -0.39 is 17.2 Å². The zero-order valence-electron chi connectivity index (χ0n) is 14.8. The maximum absolute atomic E-state index is 12.4. The summed E-state index contributed by atoms with van der Waals surface area (Å²) in [6.07, 6.45) is 6.89. The average molecular weight is 352 g/mol. The molecule has 0 amide bonds. The summed E-state index contributed by atoms with van der Waals surface area (Å²) in [5, 5.41) is 0. The van der Waals surface area contributed by atoms with E-state index >= 15 is 0 Å². The molecule has 1 aromatic rings. The van der Waals surface area contributed by atoms with E-state index in [-0.39, 0.29) is 13.1 Å². The van der Waals surface area contributed by atoms with Crippen molar-refractivity contribution < 1.29 is 4.42 Å². The Labute approximate surface area is 146 Å². The molecule has 0 aromatic carbocycles. The number of aliphatic imine (C=N–C) groups is 2. The first-order chi connectivity index (χ1) is 12.1. The van der Waals surface area contributed by atoms with Gasteiger partial charge in [0.15, 0.2) is 0 Å². The van der Waals surface area contributed by atoms with E-state index in [4.69, 9.17) is 0 Å². The predicted molar refractivity (Wildman–Crippen MR) is 99.3 cm³/mol. The standard InChI is InChI=1S/C17H28N4O4/c1-18-11-7-3-5-9-13-20-15(22)21(17(24)25-16(20)23)14-10-6-4-8-12-19-2/h1-14H2. The smallest absolute Gasteiger partial charge is 0.358 e. The van der Waals surface area contributed by atoms with Crippen LogP contribution in [0.2, 0.25) is 0 Å². The van der Waals surface area contributed by atoms with Crippen LogP contribution in [0.25, 0.3) is 0 Å². The number of hydrogen-bond acceptors (Lipinski definition) is 6. The molecule has 0 radical (unpaired) electrons. The van der Waals surface area contributed by atoms with Crippen LogP contribution < -0.4 is 17.2 Å². The molecule has 0 N–H and O–H groups in total. The highest BCUT2D eigenvalue weighted by molar-refractivity contribution is 5.23. The summed E-state index contributed by atoms with van der Waals surface area (Å²) in [5.41, 5.74) is -0.582. The molecule has 140 valence electrons. The molecule has 0 fully saturated rings. The topological polar surface area (TPSA) is 98.9 Å². The Balaban J connectivity index is 2.60. The molecule has 0 unspecified atom stereocenters. The largest absolute Gasteiger partial charge is 0.427 e. The van der Waals surface area contributed by atoms with Crippen LogP contribution in [0.1, 0.15) is 51.4 Å². The number of aromatic nitrogens is 2. The molecule has 8 nitrogen and oxygen atoms in total. The van der Waals surface area contributed by atoms with E-state index in [9.17, 15) is 14.4 Å². The third kappa shape index (κ3) is 7.45. The summed E-state index contributed by atoms with van der Waals surface area (Å²) in [6.45, 7) is 8.80. The predicted octanol–water partition coefficient (Wildman–Crippen LogP) is 1.49. The van der Waals surface area contributed by atoms with E-state index in [0.717, 1.165) is 60.7 Å². The Morgan fingerprint density at radius 1 is 0.680 bits per heavy atom. The van der Waals surface area contributed by atoms with Crippen molar-refractivity contribution in [1.29, 1.82) is 0 Å². The monoisotopic (exact) mass is 352 g/mol. The molecule has 1 aromatic heterocycles. The highest BCUT2D eigenvalue weighted by Gasteiger charge is 2.11. The molecular formula is C17H28N4O4. The summed E-state index contributed by atoms with van der Waals surface area (Å²) in [5.74, 6) is -1.76. The van der Waals surface area contributed by atoms with Gasteiger partial charge in [0, 0.05) is 26.2 Å². The van der Waals surface area contributed by atoms with Crippen molar-refractivity contribution in [2.24, 2.45) is 9.98 Å². The van der Waals surface area contributed by atoms with E-state index in [1.807, 2.05) is 0 Å². The molecule has 8 heteroatoms. The average Bonchev–Trinajstić information content (AvgIpc) is 2.58. The zero-order chi connectivity index (χ0) is 18.5. The fourth-order valence-electron chi connectivity index (χ4n) is 2.55. The lowest BCUT2D eigenvalue weighted by Gasteiger charge is -2.07. The van der Waals surface area contributed by atoms with Gasteiger partial charge in [-0.2, -0.15) is 0 Å². The molecule has 0 aliphatic carbocycles. The lowest BCUT2D eigenvalue weighted by molar-refractivity contribution is 0.313. The van der Waals surface area contributed by atoms with E-state index in [0.29, 0.717) is 12.8 Å². The van der Waals surface area contributed by atoms with Gasteiger partial charge < -0.3 is 14.4 Å². The molecule has 25 heavy (non-hydrogen) atoms. The van der Waals surface area contributed by atoms with Crippen LogP contribution in [0.4, 0.5) is 0 Å². The van der Waals surface area contributed by atoms with Gasteiger partial charge in [-0.15, -0.1) is 0 Å². The number of nitrogens with zero attached hydrogens (tertiary/aromatic N) is 4. The maximum Gasteiger partial charge on any atom is 0.427 e. The summed E-state index contributed by atoms with van der Waals surface area (Å²) in [6, 6.07) is 0. The second kappa shape index (κ2) is 12.2. The molecule has 0 saturated carbocycles. The normalized spacial score (nSPS) is 10.7. The van der Waals surface area contributed by atoms with Crippen molar-refractivity contribution in [3.05, 3.63) is 31.6 Å². The molecule has 1 heterocycles. The third-order valence-corrected chi connectivity index (χ3v) is 3.97. The van der Waals surface area contributed by atoms with Crippen LogP contribution >= 0.6 is 0 Å². The maximum atomic E-state index is 12.4. The van der Waals surface area contributed by atoms with Crippen molar-refractivity contribution in [3.8, 4) is 0 Å². The van der Waals surface area contributed by atoms with Crippen LogP contribution in [-0.4, -0.2) is 35.7 Å². The van der Waals surface area contributed by atoms with E-state index in [1.165, 1.54) is 0 Å². The lowest BCUT2D eigenvalue weighted by atomic mass is 10.2. The lowest BCUT2D eigenvalue weighted by Crippen LogP contribution is -2.46. The summed E-state index contributed by atoms with van der Waals surface area (Å²) < 4.78 is 6.70. The van der Waals surface area contributed by atoms with Gasteiger partial charge in [-0.05, 0) is 39.1 Å². The Bertz CT molecular complexity index is 647. The minimum absolute atomic E-state index is 0.258. The summed E-state index contributed by atoms with van der Waals surface area (Å²) in [7, 11) is 0. The van der Waals surface area contributed by atoms with E-state index in [1.54, 1.807) is 0 Å². The van der Waals surface area contributed by atoms with Crippen molar-refractivity contribution in [3.63, 3.8) is 0 Å². The first-order valence-electron chi connectivity index (χ1n) is 8.81. The van der Waals surface area contributed by atoms with Gasteiger partial charge in [0.2, 0.25) is 0 Å². The van der Waals surface area contributed by atoms with Crippen LogP contribution in [0.5, 0.6) is 0 Å². The highest BCUT2D eigenvalue weighted by atomic mass is 16.5. The van der Waals surface area contributed by atoms with Crippen LogP contribution in [0.15, 0.2) is 28.8 Å². The molecule has 0 aliphatic rings. The Kier molecular flexibility index (Phi) is 10.1. The first-order valence-corrected chi connectivity index (χ1v) is 8.81. The third-order valence-electron chi connectivity index (χ3n) is 3.97. The van der Waals surface area contributed by atoms with Crippen LogP contribution in [0.3, 0.4) is 0 Å². The van der Waals surface area contributed by atoms with Crippen molar-refractivity contribution in [2.45, 2.75) is 64.5 Å². The first kappa shape index (κ1) is 20.8. The van der Waals surface area contributed by atoms with Gasteiger partial charge in [-0.3, -0.25) is 0 Å². The van der Waals surface area contributed by atoms with Crippen LogP contribution in [-0.2, 0) is 13.1 Å². The Morgan fingerprint density at radius 3 is 1.48 bits per heavy atom. The number of unbranched alkanes of at least 4 members (excludes halogenated alkanes) is 6. The highest BCUT2D eigenvalue weighted by Crippen LogP contribution is 2.02. The van der Waals surface area contributed by atoms with Gasteiger partial charge >= 0.3 is 17.2 Å². The Morgan fingerprint density at radius 2 is 1.08 bits per heavy atom. The summed E-state index contributed by atoms with van der Waals surface area (Å²) in [4.78, 5) is 43.5. The van der Waals surface area contributed by atoms with Gasteiger partial charge in [-0.1, -0.05) is 25.7 Å². The second-order valence-electron chi connectivity index (χ2n) is 5.94. The van der Waals surface area contributed by atoms with Gasteiger partial charge in [0.1, 0.15) is 0 Å². The Hall–Kier alpha value is -2.25. The van der Waals surface area contributed by atoms with Gasteiger partial charge in [0.05, 0.1) is 0 Å². The SMILES string of the molecule is C=NCCCCCCn1c(=O)oc(=O)n(CCCCCCN=C)c1=O. The fraction of sp³-hybridized carbons (Fsp3) is 0.706. The zero-order valence-corrected chi connectivity index (χ0v) is 14.8. The second-order valence-corrected chi connectivity index (χ2v) is 5.94. The minimum Gasteiger partial charge on any atom is -0.358 e. The summed E-state index contributed by atoms with van der Waals surface area (Å²) >= 11 is 0. The van der Waals surface area contributed by atoms with Crippen LogP contribution in [0, 0.1) is 0 Å². The quantitative estimate of drug-likeness (QED) is 0.374. The van der Waals surface area contributed by atoms with Crippen molar-refractivity contribution in [1.82, 2.24) is 9.13 Å².